The van der Waals surface area contributed by atoms with Gasteiger partial charge in [0.1, 0.15) is 13.0 Å². The van der Waals surface area contributed by atoms with E-state index >= 15 is 0 Å². The van der Waals surface area contributed by atoms with Crippen LogP contribution in [0.5, 0.6) is 0 Å². The number of rotatable bonds is 0. The Bertz CT molecular complexity index is 549. The summed E-state index contributed by atoms with van der Waals surface area (Å²) in [6, 6.07) is 0. The summed E-state index contributed by atoms with van der Waals surface area (Å²) in [7, 11) is 1.44. The minimum atomic E-state index is -2.72. The van der Waals surface area contributed by atoms with E-state index < -0.39 is 24.6 Å². The van der Waals surface area contributed by atoms with Crippen LogP contribution >= 0.6 is 0 Å². The molecule has 0 spiro atoms. The molecule has 0 fully saturated rings. The van der Waals surface area contributed by atoms with Gasteiger partial charge in [-0.05, 0) is 6.92 Å². The zero-order valence-electron chi connectivity index (χ0n) is 11.7. The van der Waals surface area contributed by atoms with Crippen LogP contribution in [0.4, 0.5) is 5.82 Å². The molecule has 0 bridgehead atoms. The third-order valence-electron chi connectivity index (χ3n) is 2.28. The van der Waals surface area contributed by atoms with Crippen LogP contribution in [0.25, 0.3) is 0 Å². The number of Topliss-reactive ketones (excluding diaryl/α,β-unsaturated/α-hetero) is 1. The molecule has 0 radical (unpaired) electrons. The quantitative estimate of drug-likeness (QED) is 0.559. The first kappa shape index (κ1) is 5.29. The molecule has 0 aliphatic carbocycles. The molecule has 1 aromatic rings. The van der Waals surface area contributed by atoms with E-state index in [0.29, 0.717) is 4.90 Å². The molecule has 2 heterocycles. The zero-order chi connectivity index (χ0) is 13.8. The van der Waals surface area contributed by atoms with Crippen molar-refractivity contribution < 1.29 is 15.1 Å². The fourth-order valence-corrected chi connectivity index (χ4v) is 1.42. The van der Waals surface area contributed by atoms with E-state index in [4.69, 9.17) is 5.48 Å². The van der Waals surface area contributed by atoms with Gasteiger partial charge in [0.25, 0.3) is 0 Å². The van der Waals surface area contributed by atoms with Gasteiger partial charge in [-0.1, -0.05) is 0 Å². The molecule has 74 valence electrons. The maximum Gasteiger partial charge on any atom is 0.238 e. The Morgan fingerprint density at radius 3 is 3.00 bits per heavy atom. The third-order valence-corrected chi connectivity index (χ3v) is 2.28. The summed E-state index contributed by atoms with van der Waals surface area (Å²) in [6.45, 7) is -1.37. The second-order valence-electron chi connectivity index (χ2n) is 3.20. The highest BCUT2D eigenvalue weighted by molar-refractivity contribution is 6.19. The minimum absolute atomic E-state index is 0.0109. The van der Waals surface area contributed by atoms with E-state index in [1.54, 1.807) is 0 Å². The van der Waals surface area contributed by atoms with Gasteiger partial charge >= 0.3 is 0 Å². The van der Waals surface area contributed by atoms with Crippen molar-refractivity contribution in [1.29, 1.82) is 0 Å². The Morgan fingerprint density at radius 1 is 1.64 bits per heavy atom. The number of nitrogens with zero attached hydrogens (tertiary/aromatic N) is 3. The lowest BCUT2D eigenvalue weighted by atomic mass is 9.98. The number of amides is 1. The van der Waals surface area contributed by atoms with Crippen molar-refractivity contribution in [1.82, 2.24) is 9.55 Å². The van der Waals surface area contributed by atoms with Gasteiger partial charge in [0.2, 0.25) is 5.91 Å². The molecule has 0 aromatic carbocycles. The molecule has 2 rings (SSSR count). The Kier molecular flexibility index (Phi) is 1.01. The van der Waals surface area contributed by atoms with Gasteiger partial charge in [0.15, 0.2) is 11.6 Å². The first-order valence-corrected chi connectivity index (χ1v) is 4.08. The average molecular weight is 197 g/mol. The van der Waals surface area contributed by atoms with Gasteiger partial charge in [-0.3, -0.25) is 14.5 Å². The number of ketones is 1. The van der Waals surface area contributed by atoms with Crippen molar-refractivity contribution >= 4 is 17.5 Å². The van der Waals surface area contributed by atoms with Crippen LogP contribution < -0.4 is 4.90 Å². The normalized spacial score (nSPS) is 26.4. The molecule has 0 N–H and O–H groups in total. The lowest BCUT2D eigenvalue weighted by Crippen LogP contribution is -2.41. The van der Waals surface area contributed by atoms with Crippen molar-refractivity contribution in [2.45, 2.75) is 6.92 Å². The molecule has 0 saturated heterocycles. The Balaban J connectivity index is 2.73. The van der Waals surface area contributed by atoms with E-state index in [1.165, 1.54) is 18.5 Å². The Morgan fingerprint density at radius 2 is 2.36 bits per heavy atom. The molecule has 14 heavy (non-hydrogen) atoms. The molecule has 5 nitrogen and oxygen atoms in total. The molecule has 1 aliphatic heterocycles. The van der Waals surface area contributed by atoms with Gasteiger partial charge in [-0.15, -0.1) is 0 Å². The molecule has 1 amide bonds. The summed E-state index contributed by atoms with van der Waals surface area (Å²) in [4.78, 5) is 28.1. The highest BCUT2D eigenvalue weighted by Crippen LogP contribution is 2.27. The fraction of sp³-hybridized carbons (Fsp3) is 0.444. The van der Waals surface area contributed by atoms with E-state index in [9.17, 15) is 9.59 Å². The van der Waals surface area contributed by atoms with E-state index in [-0.39, 0.29) is 17.8 Å². The van der Waals surface area contributed by atoms with Crippen molar-refractivity contribution in [2.75, 3.05) is 11.9 Å². The van der Waals surface area contributed by atoms with Crippen LogP contribution in [0.15, 0.2) is 6.30 Å². The van der Waals surface area contributed by atoms with Gasteiger partial charge in [0, 0.05) is 18.1 Å². The summed E-state index contributed by atoms with van der Waals surface area (Å²) < 4.78 is 30.7. The average Bonchev–Trinajstić information content (AvgIpc) is 2.50. The van der Waals surface area contributed by atoms with Crippen LogP contribution in [0.1, 0.15) is 22.9 Å². The third kappa shape index (κ3) is 0.921. The standard InChI is InChI=1S/C9H11N3O2/c1-5-7(13)6-8(10-4-11(6)2)12(3)9(5)14/h4-5H,1-3H3/i3D3,4D. The summed E-state index contributed by atoms with van der Waals surface area (Å²) in [5, 5.41) is 0. The van der Waals surface area contributed by atoms with E-state index in [1.807, 2.05) is 0 Å². The number of imidazole rings is 1. The van der Waals surface area contributed by atoms with Crippen molar-refractivity contribution in [3.8, 4) is 0 Å². The molecular weight excluding hydrogens is 182 g/mol. The number of fused-ring (bicyclic) bond motifs is 1. The predicted octanol–water partition coefficient (Wildman–Crippen LogP) is 0.215. The molecule has 1 unspecified atom stereocenters. The lowest BCUT2D eigenvalue weighted by Gasteiger charge is -2.25. The number of carbonyl (C=O) groups excluding carboxylic acids is 2. The van der Waals surface area contributed by atoms with Crippen LogP contribution in [0.2, 0.25) is 0 Å². The maximum atomic E-state index is 12.0. The highest BCUT2D eigenvalue weighted by atomic mass is 16.2. The van der Waals surface area contributed by atoms with Crippen molar-refractivity contribution in [3.63, 3.8) is 0 Å². The lowest BCUT2D eigenvalue weighted by molar-refractivity contribution is -0.120. The number of hydrogen-bond acceptors (Lipinski definition) is 3. The van der Waals surface area contributed by atoms with Gasteiger partial charge in [-0.25, -0.2) is 4.98 Å². The van der Waals surface area contributed by atoms with Crippen molar-refractivity contribution in [2.24, 2.45) is 13.0 Å². The first-order chi connectivity index (χ1) is 8.16. The fourth-order valence-electron chi connectivity index (χ4n) is 1.42. The molecular formula is C9H11N3O2. The maximum absolute atomic E-state index is 12.0. The Hall–Kier alpha value is -1.65. The van der Waals surface area contributed by atoms with Gasteiger partial charge in [-0.2, -0.15) is 0 Å². The SMILES string of the molecule is [2H]c1nc2c(n1C)C(=O)C(C)C(=O)N2C([2H])([2H])[2H]. The summed E-state index contributed by atoms with van der Waals surface area (Å²) in [5.74, 6) is -2.65. The highest BCUT2D eigenvalue weighted by Gasteiger charge is 2.37. The van der Waals surface area contributed by atoms with Gasteiger partial charge < -0.3 is 4.57 Å². The Labute approximate surface area is 87.0 Å². The molecule has 1 atom stereocenters. The van der Waals surface area contributed by atoms with Crippen LogP contribution in [-0.2, 0) is 11.8 Å². The van der Waals surface area contributed by atoms with Crippen molar-refractivity contribution in [3.05, 3.63) is 12.0 Å². The smallest absolute Gasteiger partial charge is 0.238 e. The predicted molar refractivity (Wildman–Crippen MR) is 50.1 cm³/mol. The summed E-state index contributed by atoms with van der Waals surface area (Å²) >= 11 is 0. The van der Waals surface area contributed by atoms with E-state index in [0.717, 1.165) is 0 Å². The molecule has 1 aliphatic rings. The number of hydrogen-bond donors (Lipinski definition) is 0. The van der Waals surface area contributed by atoms with Crippen LogP contribution in [0, 0.1) is 5.92 Å². The second kappa shape index (κ2) is 2.67. The summed E-state index contributed by atoms with van der Waals surface area (Å²) in [5.41, 5.74) is -0.0109. The number of carbonyl (C=O) groups is 2. The number of anilines is 1. The largest absolute Gasteiger partial charge is 0.329 e. The number of aromatic nitrogens is 2. The zero-order valence-corrected chi connectivity index (χ0v) is 7.74. The van der Waals surface area contributed by atoms with Gasteiger partial charge in [0.05, 0.1) is 6.30 Å². The second-order valence-corrected chi connectivity index (χ2v) is 3.20. The minimum Gasteiger partial charge on any atom is -0.329 e. The first-order valence-electron chi connectivity index (χ1n) is 6.08. The topological polar surface area (TPSA) is 55.2 Å². The van der Waals surface area contributed by atoms with E-state index in [2.05, 4.69) is 4.98 Å². The summed E-state index contributed by atoms with van der Waals surface area (Å²) in [6.07, 6.45) is -0.260. The monoisotopic (exact) mass is 197 g/mol. The van der Waals surface area contributed by atoms with Crippen LogP contribution in [-0.4, -0.2) is 28.2 Å². The molecule has 1 aromatic heterocycles. The molecule has 0 saturated carbocycles. The van der Waals surface area contributed by atoms with Crippen LogP contribution in [0.3, 0.4) is 0 Å². The molecule has 5 heteroatoms.